The van der Waals surface area contributed by atoms with Gasteiger partial charge in [0.25, 0.3) is 0 Å². The van der Waals surface area contributed by atoms with E-state index in [1.807, 2.05) is 0 Å². The first-order valence-electron chi connectivity index (χ1n) is 3.88. The SMILES string of the molecule is CCC/C(=N\NCOC)C(F)(F)F. The standard InChI is InChI=1S/C7H13F3N2O/c1-3-4-6(7(8,9)10)12-11-5-13-2/h11H,3-5H2,1-2H3/b12-6+. The van der Waals surface area contributed by atoms with Crippen LogP contribution in [-0.2, 0) is 4.74 Å². The number of hydrogen-bond donors (Lipinski definition) is 1. The van der Waals surface area contributed by atoms with Crippen LogP contribution in [0.4, 0.5) is 13.2 Å². The van der Waals surface area contributed by atoms with E-state index in [1.165, 1.54) is 7.11 Å². The lowest BCUT2D eigenvalue weighted by Gasteiger charge is -2.09. The first-order chi connectivity index (χ1) is 6.02. The van der Waals surface area contributed by atoms with E-state index < -0.39 is 11.9 Å². The highest BCUT2D eigenvalue weighted by atomic mass is 19.4. The normalized spacial score (nSPS) is 13.2. The van der Waals surface area contributed by atoms with Gasteiger partial charge in [0.2, 0.25) is 0 Å². The largest absolute Gasteiger partial charge is 0.431 e. The smallest absolute Gasteiger partial charge is 0.363 e. The third kappa shape index (κ3) is 5.46. The molecular weight excluding hydrogens is 185 g/mol. The molecule has 78 valence electrons. The minimum atomic E-state index is -4.35. The molecular formula is C7H13F3N2O. The lowest BCUT2D eigenvalue weighted by Crippen LogP contribution is -2.26. The molecule has 13 heavy (non-hydrogen) atoms. The Bertz CT molecular complexity index is 168. The summed E-state index contributed by atoms with van der Waals surface area (Å²) in [4.78, 5) is 0. The lowest BCUT2D eigenvalue weighted by molar-refractivity contribution is -0.0611. The molecule has 0 saturated carbocycles. The van der Waals surface area contributed by atoms with Crippen LogP contribution in [0.15, 0.2) is 5.10 Å². The topological polar surface area (TPSA) is 33.6 Å². The van der Waals surface area contributed by atoms with Gasteiger partial charge in [0, 0.05) is 7.11 Å². The Morgan fingerprint density at radius 2 is 2.08 bits per heavy atom. The van der Waals surface area contributed by atoms with Crippen LogP contribution in [0.2, 0.25) is 0 Å². The number of methoxy groups -OCH3 is 1. The van der Waals surface area contributed by atoms with Crippen LogP contribution in [0, 0.1) is 0 Å². The van der Waals surface area contributed by atoms with Crippen LogP contribution in [-0.4, -0.2) is 25.7 Å². The summed E-state index contributed by atoms with van der Waals surface area (Å²) in [5, 5.41) is 3.19. The number of nitrogens with one attached hydrogen (secondary N) is 1. The predicted molar refractivity (Wildman–Crippen MR) is 43.4 cm³/mol. The summed E-state index contributed by atoms with van der Waals surface area (Å²) in [5.41, 5.74) is 1.37. The zero-order valence-electron chi connectivity index (χ0n) is 7.61. The molecule has 0 spiro atoms. The number of nitrogens with zero attached hydrogens (tertiary/aromatic N) is 1. The Morgan fingerprint density at radius 3 is 2.46 bits per heavy atom. The van der Waals surface area contributed by atoms with Crippen LogP contribution in [0.5, 0.6) is 0 Å². The van der Waals surface area contributed by atoms with Crippen LogP contribution >= 0.6 is 0 Å². The summed E-state index contributed by atoms with van der Waals surface area (Å²) in [5.74, 6) is 0. The molecule has 0 aliphatic heterocycles. The zero-order valence-corrected chi connectivity index (χ0v) is 7.61. The zero-order chi connectivity index (χ0) is 10.3. The van der Waals surface area contributed by atoms with E-state index in [4.69, 9.17) is 0 Å². The Hall–Kier alpha value is -0.780. The van der Waals surface area contributed by atoms with Crippen molar-refractivity contribution in [3.05, 3.63) is 0 Å². The molecule has 0 radical (unpaired) electrons. The second-order valence-corrected chi connectivity index (χ2v) is 2.40. The molecule has 0 aromatic carbocycles. The van der Waals surface area contributed by atoms with Gasteiger partial charge in [-0.2, -0.15) is 18.3 Å². The van der Waals surface area contributed by atoms with E-state index in [1.54, 1.807) is 6.92 Å². The van der Waals surface area contributed by atoms with Crippen LogP contribution < -0.4 is 5.43 Å². The summed E-state index contributed by atoms with van der Waals surface area (Å²) < 4.78 is 40.9. The number of rotatable bonds is 5. The van der Waals surface area contributed by atoms with Gasteiger partial charge >= 0.3 is 6.18 Å². The molecule has 0 aliphatic carbocycles. The third-order valence-corrected chi connectivity index (χ3v) is 1.24. The fraction of sp³-hybridized carbons (Fsp3) is 0.857. The van der Waals surface area contributed by atoms with Crippen molar-refractivity contribution < 1.29 is 17.9 Å². The molecule has 0 bridgehead atoms. The molecule has 0 heterocycles. The van der Waals surface area contributed by atoms with Crippen molar-refractivity contribution in [1.82, 2.24) is 5.43 Å². The van der Waals surface area contributed by atoms with Gasteiger partial charge in [0.1, 0.15) is 12.4 Å². The average Bonchev–Trinajstić information content (AvgIpc) is 2.01. The van der Waals surface area contributed by atoms with Gasteiger partial charge in [0.15, 0.2) is 0 Å². The summed E-state index contributed by atoms with van der Waals surface area (Å²) in [7, 11) is 1.37. The van der Waals surface area contributed by atoms with Crippen LogP contribution in [0.3, 0.4) is 0 Å². The third-order valence-electron chi connectivity index (χ3n) is 1.24. The minimum Gasteiger partial charge on any atom is -0.363 e. The Balaban J connectivity index is 4.15. The van der Waals surface area contributed by atoms with Crippen LogP contribution in [0.1, 0.15) is 19.8 Å². The van der Waals surface area contributed by atoms with Crippen molar-refractivity contribution in [3.63, 3.8) is 0 Å². The van der Waals surface area contributed by atoms with Gasteiger partial charge in [-0.25, -0.2) is 0 Å². The first kappa shape index (κ1) is 12.2. The summed E-state index contributed by atoms with van der Waals surface area (Å²) >= 11 is 0. The van der Waals surface area contributed by atoms with Gasteiger partial charge in [0.05, 0.1) is 0 Å². The van der Waals surface area contributed by atoms with Crippen molar-refractivity contribution in [2.75, 3.05) is 13.8 Å². The van der Waals surface area contributed by atoms with Crippen molar-refractivity contribution >= 4 is 5.71 Å². The summed E-state index contributed by atoms with van der Waals surface area (Å²) in [6.45, 7) is 1.64. The first-order valence-corrected chi connectivity index (χ1v) is 3.88. The average molecular weight is 198 g/mol. The molecule has 0 atom stereocenters. The van der Waals surface area contributed by atoms with Gasteiger partial charge in [-0.1, -0.05) is 13.3 Å². The molecule has 0 fully saturated rings. The van der Waals surface area contributed by atoms with Gasteiger partial charge in [-0.3, -0.25) is 5.43 Å². The maximum Gasteiger partial charge on any atom is 0.431 e. The highest BCUT2D eigenvalue weighted by Crippen LogP contribution is 2.19. The molecule has 3 nitrogen and oxygen atoms in total. The second-order valence-electron chi connectivity index (χ2n) is 2.40. The van der Waals surface area contributed by atoms with Crippen molar-refractivity contribution in [1.29, 1.82) is 0 Å². The molecule has 0 aromatic rings. The quantitative estimate of drug-likeness (QED) is 0.317. The number of halogens is 3. The highest BCUT2D eigenvalue weighted by molar-refractivity contribution is 5.89. The monoisotopic (exact) mass is 198 g/mol. The minimum absolute atomic E-state index is 0.0245. The molecule has 0 unspecified atom stereocenters. The Morgan fingerprint density at radius 1 is 1.46 bits per heavy atom. The van der Waals surface area contributed by atoms with E-state index in [9.17, 15) is 13.2 Å². The fourth-order valence-corrected chi connectivity index (χ4v) is 0.690. The molecule has 1 N–H and O–H groups in total. The van der Waals surface area contributed by atoms with Gasteiger partial charge < -0.3 is 4.74 Å². The summed E-state index contributed by atoms with van der Waals surface area (Å²) in [6, 6.07) is 0. The number of alkyl halides is 3. The van der Waals surface area contributed by atoms with E-state index in [0.29, 0.717) is 6.42 Å². The molecule has 0 amide bonds. The van der Waals surface area contributed by atoms with Crippen molar-refractivity contribution in [2.45, 2.75) is 25.9 Å². The highest BCUT2D eigenvalue weighted by Gasteiger charge is 2.34. The van der Waals surface area contributed by atoms with Crippen LogP contribution in [0.25, 0.3) is 0 Å². The molecule has 6 heteroatoms. The molecule has 0 rings (SSSR count). The van der Waals surface area contributed by atoms with Crippen molar-refractivity contribution in [2.24, 2.45) is 5.10 Å². The van der Waals surface area contributed by atoms with E-state index in [-0.39, 0.29) is 13.2 Å². The van der Waals surface area contributed by atoms with Gasteiger partial charge in [-0.05, 0) is 6.42 Å². The second kappa shape index (κ2) is 5.80. The molecule has 0 aliphatic rings. The summed E-state index contributed by atoms with van der Waals surface area (Å²) in [6.07, 6.45) is -4.02. The number of hydrogen-bond acceptors (Lipinski definition) is 3. The molecule has 0 aromatic heterocycles. The number of hydrazone groups is 1. The number of ether oxygens (including phenoxy) is 1. The van der Waals surface area contributed by atoms with E-state index >= 15 is 0 Å². The van der Waals surface area contributed by atoms with E-state index in [0.717, 1.165) is 0 Å². The predicted octanol–water partition coefficient (Wildman–Crippen LogP) is 1.90. The fourth-order valence-electron chi connectivity index (χ4n) is 0.690. The van der Waals surface area contributed by atoms with E-state index in [2.05, 4.69) is 15.3 Å². The maximum atomic E-state index is 12.1. The maximum absolute atomic E-state index is 12.1. The van der Waals surface area contributed by atoms with Gasteiger partial charge in [-0.15, -0.1) is 0 Å². The lowest BCUT2D eigenvalue weighted by atomic mass is 10.2. The molecule has 0 saturated heterocycles. The Labute approximate surface area is 75.0 Å². The van der Waals surface area contributed by atoms with Crippen molar-refractivity contribution in [3.8, 4) is 0 Å². The Kier molecular flexibility index (Phi) is 5.45.